The van der Waals surface area contributed by atoms with Crippen molar-refractivity contribution < 1.29 is 13.1 Å². The van der Waals surface area contributed by atoms with Crippen LogP contribution in [0.1, 0.15) is 11.4 Å². The van der Waals surface area contributed by atoms with E-state index in [1.54, 1.807) is 0 Å². The zero-order valence-corrected chi connectivity index (χ0v) is 15.7. The van der Waals surface area contributed by atoms with Gasteiger partial charge in [-0.05, 0) is 50.2 Å². The van der Waals surface area contributed by atoms with Gasteiger partial charge in [-0.15, -0.1) is 0 Å². The van der Waals surface area contributed by atoms with Crippen molar-refractivity contribution in [3.05, 3.63) is 59.9 Å². The van der Waals surface area contributed by atoms with Crippen molar-refractivity contribution in [1.82, 2.24) is 14.5 Å². The second kappa shape index (κ2) is 8.51. The first-order valence-electron chi connectivity index (χ1n) is 6.95. The number of aromatic nitrogens is 3. The van der Waals surface area contributed by atoms with Gasteiger partial charge in [-0.1, -0.05) is 12.1 Å². The molecule has 0 aromatic carbocycles. The second-order valence-electron chi connectivity index (χ2n) is 5.04. The second-order valence-corrected chi connectivity index (χ2v) is 6.87. The summed E-state index contributed by atoms with van der Waals surface area (Å²) in [6.45, 7) is 4.02. The number of hydrogen-bond acceptors (Lipinski definition) is 2. The molecule has 0 atom stereocenters. The van der Waals surface area contributed by atoms with E-state index in [1.807, 2.05) is 50.2 Å². The third-order valence-corrected chi connectivity index (χ3v) is 3.42. The van der Waals surface area contributed by atoms with Gasteiger partial charge in [-0.25, -0.2) is 0 Å². The van der Waals surface area contributed by atoms with Crippen LogP contribution < -0.4 is 0 Å². The standard InChI is InChI=1S/C17H17N3.2ClH.Fe/c1-12-6-4-8-14(18-12)16-10-11-17(20(16)3)15-9-5-7-13(2)19-15;;;/h4-11H,1-3H3;2*1H;/q;;;+2/p-2. The van der Waals surface area contributed by atoms with Crippen LogP contribution in [-0.4, -0.2) is 14.5 Å². The van der Waals surface area contributed by atoms with Gasteiger partial charge < -0.3 is 4.57 Å². The zero-order valence-electron chi connectivity index (χ0n) is 13.1. The summed E-state index contributed by atoms with van der Waals surface area (Å²) in [6.07, 6.45) is 0. The summed E-state index contributed by atoms with van der Waals surface area (Å²) in [5.41, 5.74) is 6.25. The summed E-state index contributed by atoms with van der Waals surface area (Å²) in [7, 11) is 11.6. The molecule has 3 aromatic rings. The molecular formula is C17H17Cl2FeN3. The van der Waals surface area contributed by atoms with E-state index in [2.05, 4.69) is 33.7 Å². The summed E-state index contributed by atoms with van der Waals surface area (Å²) >= 11 is 0.194. The fourth-order valence-corrected chi connectivity index (χ4v) is 2.40. The third kappa shape index (κ3) is 4.58. The van der Waals surface area contributed by atoms with Crippen LogP contribution in [-0.2, 0) is 20.2 Å². The number of hydrogen-bond donors (Lipinski definition) is 0. The summed E-state index contributed by atoms with van der Waals surface area (Å²) in [4.78, 5) is 9.18. The predicted octanol–water partition coefficient (Wildman–Crippen LogP) is 5.14. The van der Waals surface area contributed by atoms with Gasteiger partial charge >= 0.3 is 33.3 Å². The average Bonchev–Trinajstić information content (AvgIpc) is 2.90. The quantitative estimate of drug-likeness (QED) is 0.568. The van der Waals surface area contributed by atoms with Gasteiger partial charge in [-0.3, -0.25) is 9.97 Å². The predicted molar refractivity (Wildman–Crippen MR) is 93.1 cm³/mol. The fraction of sp³-hybridized carbons (Fsp3) is 0.176. The summed E-state index contributed by atoms with van der Waals surface area (Å²) < 4.78 is 2.14. The van der Waals surface area contributed by atoms with Crippen molar-refractivity contribution in [1.29, 1.82) is 0 Å². The molecule has 3 rings (SSSR count). The van der Waals surface area contributed by atoms with Crippen molar-refractivity contribution in [2.75, 3.05) is 0 Å². The molecule has 0 saturated heterocycles. The van der Waals surface area contributed by atoms with Gasteiger partial charge in [0.2, 0.25) is 0 Å². The molecule has 0 aliphatic heterocycles. The molecule has 0 N–H and O–H groups in total. The molecule has 0 unspecified atom stereocenters. The van der Waals surface area contributed by atoms with Gasteiger partial charge in [0.05, 0.1) is 22.8 Å². The zero-order chi connectivity index (χ0) is 16.8. The van der Waals surface area contributed by atoms with E-state index in [4.69, 9.17) is 20.2 Å². The number of pyridine rings is 2. The van der Waals surface area contributed by atoms with Crippen LogP contribution in [0, 0.1) is 13.8 Å². The Morgan fingerprint density at radius 3 is 1.52 bits per heavy atom. The molecule has 0 radical (unpaired) electrons. The van der Waals surface area contributed by atoms with Crippen LogP contribution >= 0.6 is 20.2 Å². The van der Waals surface area contributed by atoms with Crippen molar-refractivity contribution in [3.63, 3.8) is 0 Å². The molecule has 0 amide bonds. The molecule has 0 bridgehead atoms. The van der Waals surface area contributed by atoms with Crippen LogP contribution in [0.25, 0.3) is 22.8 Å². The summed E-state index contributed by atoms with van der Waals surface area (Å²) in [5.74, 6) is 0. The molecule has 122 valence electrons. The molecule has 3 nitrogen and oxygen atoms in total. The summed E-state index contributed by atoms with van der Waals surface area (Å²) in [5, 5.41) is 0. The molecule has 0 aliphatic rings. The minimum absolute atomic E-state index is 0.194. The molecule has 0 saturated carbocycles. The van der Waals surface area contributed by atoms with Gasteiger partial charge in [-0.2, -0.15) is 0 Å². The fourth-order valence-electron chi connectivity index (χ4n) is 2.40. The molecule has 0 aliphatic carbocycles. The van der Waals surface area contributed by atoms with E-state index in [-0.39, 0.29) is 13.1 Å². The van der Waals surface area contributed by atoms with E-state index < -0.39 is 0 Å². The van der Waals surface area contributed by atoms with E-state index in [0.717, 1.165) is 34.2 Å². The SMILES string of the molecule is Cc1cccc(-c2ccc(-c3cccc(C)n3)n2C)n1.[Cl][Fe][Cl]. The number of rotatable bonds is 2. The first-order chi connectivity index (χ1) is 11.1. The van der Waals surface area contributed by atoms with E-state index in [9.17, 15) is 0 Å². The van der Waals surface area contributed by atoms with E-state index >= 15 is 0 Å². The van der Waals surface area contributed by atoms with Crippen LogP contribution in [0.15, 0.2) is 48.5 Å². The Balaban J connectivity index is 0.000000595. The van der Waals surface area contributed by atoms with Gasteiger partial charge in [0.25, 0.3) is 0 Å². The van der Waals surface area contributed by atoms with Gasteiger partial charge in [0.1, 0.15) is 0 Å². The Bertz CT molecular complexity index is 724. The van der Waals surface area contributed by atoms with Crippen molar-refractivity contribution in [2.45, 2.75) is 13.8 Å². The number of nitrogens with zero attached hydrogens (tertiary/aromatic N) is 3. The van der Waals surface area contributed by atoms with Crippen molar-refractivity contribution >= 4 is 20.2 Å². The van der Waals surface area contributed by atoms with Gasteiger partial charge in [0.15, 0.2) is 0 Å². The molecule has 3 heterocycles. The van der Waals surface area contributed by atoms with Crippen LogP contribution in [0.5, 0.6) is 0 Å². The maximum atomic E-state index is 4.76. The molecule has 23 heavy (non-hydrogen) atoms. The molecule has 0 fully saturated rings. The Morgan fingerprint density at radius 2 is 1.17 bits per heavy atom. The monoisotopic (exact) mass is 389 g/mol. The Labute approximate surface area is 151 Å². The maximum absolute atomic E-state index is 4.76. The molecule has 6 heteroatoms. The first kappa shape index (κ1) is 18.0. The molecular weight excluding hydrogens is 373 g/mol. The average molecular weight is 390 g/mol. The molecule has 3 aromatic heterocycles. The number of aryl methyl sites for hydroxylation is 2. The summed E-state index contributed by atoms with van der Waals surface area (Å²) in [6, 6.07) is 16.4. The topological polar surface area (TPSA) is 30.7 Å². The van der Waals surface area contributed by atoms with Crippen LogP contribution in [0.3, 0.4) is 0 Å². The Kier molecular flexibility index (Phi) is 6.67. The van der Waals surface area contributed by atoms with Crippen molar-refractivity contribution in [2.24, 2.45) is 7.05 Å². The minimum atomic E-state index is 0.194. The first-order valence-corrected chi connectivity index (χ1v) is 9.99. The van der Waals surface area contributed by atoms with E-state index in [1.165, 1.54) is 0 Å². The Morgan fingerprint density at radius 1 is 0.783 bits per heavy atom. The Hall–Kier alpha value is -1.32. The number of halogens is 2. The van der Waals surface area contributed by atoms with E-state index in [0.29, 0.717) is 0 Å². The normalized spacial score (nSPS) is 10.3. The molecule has 0 spiro atoms. The third-order valence-electron chi connectivity index (χ3n) is 3.42. The van der Waals surface area contributed by atoms with Crippen LogP contribution in [0.2, 0.25) is 0 Å². The van der Waals surface area contributed by atoms with Crippen LogP contribution in [0.4, 0.5) is 0 Å². The van der Waals surface area contributed by atoms with Gasteiger partial charge in [0, 0.05) is 18.4 Å². The van der Waals surface area contributed by atoms with Crippen molar-refractivity contribution in [3.8, 4) is 22.8 Å².